The molecule has 2 N–H and O–H groups in total. The van der Waals surface area contributed by atoms with E-state index in [1.54, 1.807) is 24.3 Å². The van der Waals surface area contributed by atoms with Crippen LogP contribution in [0.3, 0.4) is 0 Å². The molecule has 0 aliphatic carbocycles. The van der Waals surface area contributed by atoms with Crippen molar-refractivity contribution < 1.29 is 26.7 Å². The minimum atomic E-state index is -4.49. The highest BCUT2D eigenvalue weighted by molar-refractivity contribution is 7.89. The Morgan fingerprint density at radius 1 is 1.08 bits per heavy atom. The fourth-order valence-corrected chi connectivity index (χ4v) is 3.09. The lowest BCUT2D eigenvalue weighted by molar-refractivity contribution is -0.120. The third-order valence-corrected chi connectivity index (χ3v) is 4.71. The van der Waals surface area contributed by atoms with Crippen molar-refractivity contribution in [3.63, 3.8) is 0 Å². The summed E-state index contributed by atoms with van der Waals surface area (Å²) in [6.07, 6.45) is 0. The number of halogens is 2. The topological polar surface area (TPSA) is 84.5 Å². The van der Waals surface area contributed by atoms with E-state index < -0.39 is 39.0 Å². The van der Waals surface area contributed by atoms with Crippen LogP contribution in [0.1, 0.15) is 5.56 Å². The molecule has 1 amide bonds. The van der Waals surface area contributed by atoms with Gasteiger partial charge in [0, 0.05) is 6.54 Å². The zero-order valence-electron chi connectivity index (χ0n) is 13.3. The van der Waals surface area contributed by atoms with E-state index >= 15 is 0 Å². The number of amides is 1. The Balaban J connectivity index is 1.92. The first-order valence-electron chi connectivity index (χ1n) is 7.17. The fourth-order valence-electron chi connectivity index (χ4n) is 1.98. The monoisotopic (exact) mass is 370 g/mol. The Labute approximate surface area is 143 Å². The first-order chi connectivity index (χ1) is 11.8. The summed E-state index contributed by atoms with van der Waals surface area (Å²) in [7, 11) is -2.96. The molecular formula is C16H16F2N2O4S. The molecule has 0 aliphatic rings. The lowest BCUT2D eigenvalue weighted by Gasteiger charge is -2.09. The van der Waals surface area contributed by atoms with E-state index in [2.05, 4.69) is 5.32 Å². The Morgan fingerprint density at radius 2 is 1.68 bits per heavy atom. The van der Waals surface area contributed by atoms with Crippen LogP contribution < -0.4 is 14.8 Å². The van der Waals surface area contributed by atoms with E-state index in [4.69, 9.17) is 4.74 Å². The van der Waals surface area contributed by atoms with E-state index in [9.17, 15) is 22.0 Å². The number of nitrogens with one attached hydrogen (secondary N) is 2. The quantitative estimate of drug-likeness (QED) is 0.775. The van der Waals surface area contributed by atoms with Crippen LogP contribution in [0, 0.1) is 11.6 Å². The number of carbonyl (C=O) groups is 1. The molecule has 0 spiro atoms. The highest BCUT2D eigenvalue weighted by atomic mass is 32.2. The van der Waals surface area contributed by atoms with Gasteiger partial charge in [0.05, 0.1) is 13.7 Å². The number of methoxy groups -OCH3 is 1. The molecule has 0 saturated heterocycles. The van der Waals surface area contributed by atoms with Crippen molar-refractivity contribution in [1.82, 2.24) is 10.0 Å². The number of benzene rings is 2. The Morgan fingerprint density at radius 3 is 2.24 bits per heavy atom. The van der Waals surface area contributed by atoms with E-state index in [0.717, 1.165) is 23.8 Å². The molecule has 0 heterocycles. The molecule has 134 valence electrons. The number of hydrogen-bond acceptors (Lipinski definition) is 4. The molecule has 0 aromatic heterocycles. The van der Waals surface area contributed by atoms with Crippen LogP contribution in [-0.4, -0.2) is 28.0 Å². The largest absolute Gasteiger partial charge is 0.497 e. The van der Waals surface area contributed by atoms with Crippen LogP contribution in [0.2, 0.25) is 0 Å². The van der Waals surface area contributed by atoms with Gasteiger partial charge in [-0.2, -0.15) is 0 Å². The van der Waals surface area contributed by atoms with Crippen molar-refractivity contribution in [2.24, 2.45) is 0 Å². The van der Waals surface area contributed by atoms with Gasteiger partial charge >= 0.3 is 0 Å². The molecule has 6 nitrogen and oxygen atoms in total. The summed E-state index contributed by atoms with van der Waals surface area (Å²) in [4.78, 5) is 10.6. The summed E-state index contributed by atoms with van der Waals surface area (Å²) in [5.74, 6) is -2.44. The molecule has 0 bridgehead atoms. The number of rotatable bonds is 7. The van der Waals surface area contributed by atoms with Crippen LogP contribution in [0.5, 0.6) is 5.75 Å². The van der Waals surface area contributed by atoms with Gasteiger partial charge < -0.3 is 10.1 Å². The molecule has 0 radical (unpaired) electrons. The summed E-state index contributed by atoms with van der Waals surface area (Å²) in [6, 6.07) is 9.58. The average molecular weight is 370 g/mol. The smallest absolute Gasteiger partial charge is 0.246 e. The maximum atomic E-state index is 13.5. The van der Waals surface area contributed by atoms with Crippen LogP contribution in [-0.2, 0) is 21.4 Å². The van der Waals surface area contributed by atoms with Gasteiger partial charge in [-0.3, -0.25) is 4.79 Å². The first-order valence-corrected chi connectivity index (χ1v) is 8.65. The summed E-state index contributed by atoms with van der Waals surface area (Å²) in [6.45, 7) is -0.481. The van der Waals surface area contributed by atoms with E-state index in [1.807, 2.05) is 4.72 Å². The third kappa shape index (κ3) is 4.97. The second-order valence-electron chi connectivity index (χ2n) is 5.00. The second kappa shape index (κ2) is 8.04. The van der Waals surface area contributed by atoms with Gasteiger partial charge in [-0.1, -0.05) is 18.2 Å². The molecule has 2 rings (SSSR count). The Bertz CT molecular complexity index is 835. The number of sulfonamides is 1. The molecular weight excluding hydrogens is 354 g/mol. The lowest BCUT2D eigenvalue weighted by atomic mass is 10.2. The molecule has 0 unspecified atom stereocenters. The highest BCUT2D eigenvalue weighted by Crippen LogP contribution is 2.17. The van der Waals surface area contributed by atoms with Crippen LogP contribution >= 0.6 is 0 Å². The molecule has 0 fully saturated rings. The van der Waals surface area contributed by atoms with E-state index in [0.29, 0.717) is 5.75 Å². The predicted octanol–water partition coefficient (Wildman–Crippen LogP) is 1.57. The van der Waals surface area contributed by atoms with Gasteiger partial charge in [0.25, 0.3) is 0 Å². The van der Waals surface area contributed by atoms with Crippen molar-refractivity contribution >= 4 is 15.9 Å². The van der Waals surface area contributed by atoms with Crippen molar-refractivity contribution in [2.75, 3.05) is 13.7 Å². The first kappa shape index (κ1) is 18.8. The summed E-state index contributed by atoms with van der Waals surface area (Å²) >= 11 is 0. The molecule has 0 atom stereocenters. The Hall–Kier alpha value is -2.52. The predicted molar refractivity (Wildman–Crippen MR) is 86.4 cm³/mol. The van der Waals surface area contributed by atoms with Crippen LogP contribution in [0.15, 0.2) is 47.4 Å². The minimum Gasteiger partial charge on any atom is -0.497 e. The number of carbonyl (C=O) groups excluding carboxylic acids is 1. The number of hydrogen-bond donors (Lipinski definition) is 2. The maximum absolute atomic E-state index is 13.5. The third-order valence-electron chi connectivity index (χ3n) is 3.26. The molecule has 2 aromatic rings. The van der Waals surface area contributed by atoms with Crippen LogP contribution in [0.4, 0.5) is 8.78 Å². The standard InChI is InChI=1S/C16H16F2N2O4S/c1-24-12-7-5-11(6-8-12)9-19-15(21)10-20-25(22,23)16-13(17)3-2-4-14(16)18/h2-8,20H,9-10H2,1H3,(H,19,21). The molecule has 0 aliphatic heterocycles. The van der Waals surface area contributed by atoms with E-state index in [-0.39, 0.29) is 6.54 Å². The zero-order chi connectivity index (χ0) is 18.4. The summed E-state index contributed by atoms with van der Waals surface area (Å²) in [5, 5.41) is 2.50. The van der Waals surface area contributed by atoms with Gasteiger partial charge in [-0.05, 0) is 29.8 Å². The maximum Gasteiger partial charge on any atom is 0.246 e. The molecule has 25 heavy (non-hydrogen) atoms. The van der Waals surface area contributed by atoms with Crippen molar-refractivity contribution in [1.29, 1.82) is 0 Å². The van der Waals surface area contributed by atoms with Gasteiger partial charge in [0.2, 0.25) is 15.9 Å². The fraction of sp³-hybridized carbons (Fsp3) is 0.188. The highest BCUT2D eigenvalue weighted by Gasteiger charge is 2.24. The van der Waals surface area contributed by atoms with E-state index in [1.165, 1.54) is 7.11 Å². The van der Waals surface area contributed by atoms with Gasteiger partial charge in [-0.15, -0.1) is 0 Å². The normalized spacial score (nSPS) is 11.2. The van der Waals surface area contributed by atoms with Gasteiger partial charge in [0.1, 0.15) is 17.4 Å². The average Bonchev–Trinajstić information content (AvgIpc) is 2.58. The Kier molecular flexibility index (Phi) is 6.05. The molecule has 0 saturated carbocycles. The van der Waals surface area contributed by atoms with Crippen molar-refractivity contribution in [3.05, 3.63) is 59.7 Å². The lowest BCUT2D eigenvalue weighted by Crippen LogP contribution is -2.37. The SMILES string of the molecule is COc1ccc(CNC(=O)CNS(=O)(=O)c2c(F)cccc2F)cc1. The number of ether oxygens (including phenoxy) is 1. The molecule has 9 heteroatoms. The summed E-state index contributed by atoms with van der Waals surface area (Å²) in [5.41, 5.74) is 0.775. The van der Waals surface area contributed by atoms with Crippen molar-refractivity contribution in [3.8, 4) is 5.75 Å². The second-order valence-corrected chi connectivity index (χ2v) is 6.70. The van der Waals surface area contributed by atoms with Crippen molar-refractivity contribution in [2.45, 2.75) is 11.4 Å². The minimum absolute atomic E-state index is 0.165. The van der Waals surface area contributed by atoms with Gasteiger partial charge in [-0.25, -0.2) is 21.9 Å². The molecule has 2 aromatic carbocycles. The zero-order valence-corrected chi connectivity index (χ0v) is 14.1. The van der Waals surface area contributed by atoms with Gasteiger partial charge in [0.15, 0.2) is 4.90 Å². The summed E-state index contributed by atoms with van der Waals surface area (Å²) < 4.78 is 57.8. The van der Waals surface area contributed by atoms with Crippen LogP contribution in [0.25, 0.3) is 0 Å².